The van der Waals surface area contributed by atoms with E-state index in [-0.39, 0.29) is 16.9 Å². The maximum absolute atomic E-state index is 14.0. The van der Waals surface area contributed by atoms with Crippen LogP contribution in [-0.4, -0.2) is 39.3 Å². The molecule has 5 heterocycles. The lowest BCUT2D eigenvalue weighted by atomic mass is 10.1. The maximum Gasteiger partial charge on any atom is 0.280 e. The summed E-state index contributed by atoms with van der Waals surface area (Å²) in [6.07, 6.45) is 10.3. The molecular weight excluding hydrogens is 494 g/mol. The Hall–Kier alpha value is -5.63. The Morgan fingerprint density at radius 1 is 1.08 bits per heavy atom. The van der Waals surface area contributed by atoms with Gasteiger partial charge in [-0.25, -0.2) is 9.50 Å². The summed E-state index contributed by atoms with van der Waals surface area (Å²) in [6.45, 7) is 1.81. The number of rotatable bonds is 4. The summed E-state index contributed by atoms with van der Waals surface area (Å²) in [4.78, 5) is 31.6. The first-order valence-electron chi connectivity index (χ1n) is 12.1. The number of amides is 1. The molecule has 0 saturated heterocycles. The molecule has 192 valence electrons. The van der Waals surface area contributed by atoms with Crippen LogP contribution in [0.4, 0.5) is 5.82 Å². The fraction of sp³-hybridized carbons (Fsp3) is 0.107. The van der Waals surface area contributed by atoms with Gasteiger partial charge in [0.1, 0.15) is 11.1 Å². The van der Waals surface area contributed by atoms with Gasteiger partial charge in [-0.1, -0.05) is 30.0 Å². The van der Waals surface area contributed by atoms with Crippen LogP contribution < -0.4 is 16.6 Å². The Morgan fingerprint density at radius 2 is 1.90 bits per heavy atom. The van der Waals surface area contributed by atoms with Crippen molar-refractivity contribution in [1.82, 2.24) is 38.7 Å². The molecule has 0 fully saturated rings. The molecule has 0 saturated carbocycles. The van der Waals surface area contributed by atoms with E-state index in [1.54, 1.807) is 57.5 Å². The second-order valence-electron chi connectivity index (χ2n) is 9.01. The maximum atomic E-state index is 14.0. The SMILES string of the molecule is C[C@H](NC(=O)c1c(N)nn2cccnc12)c1cn2ccc(C#Cc3cnn(C)c3)c2c(=O)n1-c1ccccc1. The van der Waals surface area contributed by atoms with Crippen LogP contribution in [0.15, 0.2) is 84.4 Å². The highest BCUT2D eigenvalue weighted by Crippen LogP contribution is 2.21. The molecule has 5 aromatic heterocycles. The quantitative estimate of drug-likeness (QED) is 0.345. The van der Waals surface area contributed by atoms with Crippen LogP contribution >= 0.6 is 0 Å². The summed E-state index contributed by atoms with van der Waals surface area (Å²) < 4.78 is 6.45. The zero-order chi connectivity index (χ0) is 27.1. The highest BCUT2D eigenvalue weighted by Gasteiger charge is 2.24. The summed E-state index contributed by atoms with van der Waals surface area (Å²) in [6, 6.07) is 12.2. The van der Waals surface area contributed by atoms with Gasteiger partial charge in [0, 0.05) is 43.7 Å². The van der Waals surface area contributed by atoms with Crippen LogP contribution in [0.1, 0.15) is 40.1 Å². The Balaban J connectivity index is 1.45. The number of carbonyl (C=O) groups is 1. The first-order chi connectivity index (χ1) is 18.9. The van der Waals surface area contributed by atoms with Gasteiger partial charge < -0.3 is 15.5 Å². The molecule has 0 aliphatic rings. The van der Waals surface area contributed by atoms with Gasteiger partial charge in [0.05, 0.1) is 29.1 Å². The molecule has 3 N–H and O–H groups in total. The molecule has 11 nitrogen and oxygen atoms in total. The normalized spacial score (nSPS) is 11.8. The van der Waals surface area contributed by atoms with E-state index >= 15 is 0 Å². The van der Waals surface area contributed by atoms with E-state index in [2.05, 4.69) is 32.3 Å². The van der Waals surface area contributed by atoms with E-state index < -0.39 is 11.9 Å². The van der Waals surface area contributed by atoms with Crippen molar-refractivity contribution >= 4 is 22.9 Å². The van der Waals surface area contributed by atoms with Crippen LogP contribution in [0.25, 0.3) is 16.9 Å². The largest absolute Gasteiger partial charge is 0.381 e. The third-order valence-corrected chi connectivity index (χ3v) is 6.35. The van der Waals surface area contributed by atoms with Crippen molar-refractivity contribution in [2.75, 3.05) is 5.73 Å². The van der Waals surface area contributed by atoms with Gasteiger partial charge in [0.25, 0.3) is 11.5 Å². The second kappa shape index (κ2) is 9.35. The molecule has 0 spiro atoms. The minimum atomic E-state index is -0.583. The van der Waals surface area contributed by atoms with Crippen molar-refractivity contribution in [3.8, 4) is 17.5 Å². The van der Waals surface area contributed by atoms with Crippen molar-refractivity contribution in [3.63, 3.8) is 0 Å². The Morgan fingerprint density at radius 3 is 2.67 bits per heavy atom. The standard InChI is InChI=1S/C28H23N9O2/c1-18(32-27(38)23-25(29)33-36-13-6-12-30-26(23)36)22-17-35-14-11-20(10-9-19-15-31-34(2)16-19)24(35)28(39)37(22)21-7-4-3-5-8-21/h3-8,11-18H,1-2H3,(H2,29,33)(H,32,38)/t18-/m0/s1. The fourth-order valence-electron chi connectivity index (χ4n) is 4.54. The predicted molar refractivity (Wildman–Crippen MR) is 145 cm³/mol. The topological polar surface area (TPSA) is 130 Å². The summed E-state index contributed by atoms with van der Waals surface area (Å²) in [5.74, 6) is 5.79. The number of nitrogen functional groups attached to an aromatic ring is 1. The lowest BCUT2D eigenvalue weighted by Gasteiger charge is -2.20. The summed E-state index contributed by atoms with van der Waals surface area (Å²) in [5.41, 5.74) is 9.28. The number of nitrogens with two attached hydrogens (primary N) is 1. The number of benzene rings is 1. The molecule has 0 aliphatic carbocycles. The zero-order valence-electron chi connectivity index (χ0n) is 21.1. The average Bonchev–Trinajstić information content (AvgIpc) is 3.63. The molecule has 0 bridgehead atoms. The smallest absolute Gasteiger partial charge is 0.280 e. The minimum Gasteiger partial charge on any atom is -0.381 e. The molecule has 1 aromatic carbocycles. The third-order valence-electron chi connectivity index (χ3n) is 6.35. The number of aryl methyl sites for hydroxylation is 1. The van der Waals surface area contributed by atoms with Crippen LogP contribution in [0.3, 0.4) is 0 Å². The number of hydrogen-bond donors (Lipinski definition) is 2. The minimum absolute atomic E-state index is 0.0662. The highest BCUT2D eigenvalue weighted by atomic mass is 16.2. The van der Waals surface area contributed by atoms with Crippen LogP contribution in [0.2, 0.25) is 0 Å². The Kier molecular flexibility index (Phi) is 5.69. The number of nitrogens with one attached hydrogen (secondary N) is 1. The number of carbonyl (C=O) groups excluding carboxylic acids is 1. The van der Waals surface area contributed by atoms with Gasteiger partial charge >= 0.3 is 0 Å². The van der Waals surface area contributed by atoms with Crippen LogP contribution in [0, 0.1) is 11.8 Å². The van der Waals surface area contributed by atoms with Gasteiger partial charge in [0.2, 0.25) is 0 Å². The molecule has 1 atom stereocenters. The number of anilines is 1. The number of para-hydroxylation sites is 1. The molecule has 39 heavy (non-hydrogen) atoms. The van der Waals surface area contributed by atoms with Crippen LogP contribution in [-0.2, 0) is 7.05 Å². The molecule has 0 aliphatic heterocycles. The molecule has 1 amide bonds. The fourth-order valence-corrected chi connectivity index (χ4v) is 4.54. The molecule has 6 aromatic rings. The van der Waals surface area contributed by atoms with E-state index in [9.17, 15) is 9.59 Å². The van der Waals surface area contributed by atoms with Gasteiger partial charge in [-0.15, -0.1) is 5.10 Å². The lowest BCUT2D eigenvalue weighted by Crippen LogP contribution is -2.33. The molecular formula is C28H23N9O2. The monoisotopic (exact) mass is 517 g/mol. The van der Waals surface area contributed by atoms with Gasteiger partial charge in [-0.05, 0) is 31.2 Å². The molecule has 0 unspecified atom stereocenters. The van der Waals surface area contributed by atoms with E-state index in [1.165, 1.54) is 4.52 Å². The Labute approximate surface area is 222 Å². The first-order valence-corrected chi connectivity index (χ1v) is 12.1. The van der Waals surface area contributed by atoms with Gasteiger partial charge in [0.15, 0.2) is 11.5 Å². The number of nitrogens with zero attached hydrogens (tertiary/aromatic N) is 7. The van der Waals surface area contributed by atoms with Crippen molar-refractivity contribution in [3.05, 3.63) is 112 Å². The van der Waals surface area contributed by atoms with Gasteiger partial charge in [-0.3, -0.25) is 18.8 Å². The molecule has 6 rings (SSSR count). The summed E-state index contributed by atoms with van der Waals surface area (Å²) in [5, 5.41) is 11.3. The van der Waals surface area contributed by atoms with Crippen molar-refractivity contribution in [2.45, 2.75) is 13.0 Å². The summed E-state index contributed by atoms with van der Waals surface area (Å²) in [7, 11) is 1.82. The molecule has 0 radical (unpaired) electrons. The lowest BCUT2D eigenvalue weighted by molar-refractivity contribution is 0.0941. The van der Waals surface area contributed by atoms with E-state index in [0.29, 0.717) is 28.1 Å². The zero-order valence-corrected chi connectivity index (χ0v) is 21.1. The second-order valence-corrected chi connectivity index (χ2v) is 9.01. The van der Waals surface area contributed by atoms with E-state index in [4.69, 9.17) is 5.73 Å². The Bertz CT molecular complexity index is 1980. The van der Waals surface area contributed by atoms with Crippen molar-refractivity contribution in [2.24, 2.45) is 7.05 Å². The van der Waals surface area contributed by atoms with E-state index in [0.717, 1.165) is 5.56 Å². The first kappa shape index (κ1) is 23.7. The highest BCUT2D eigenvalue weighted by molar-refractivity contribution is 6.04. The third kappa shape index (κ3) is 4.19. The van der Waals surface area contributed by atoms with Crippen LogP contribution in [0.5, 0.6) is 0 Å². The summed E-state index contributed by atoms with van der Waals surface area (Å²) >= 11 is 0. The number of hydrogen-bond acceptors (Lipinski definition) is 6. The van der Waals surface area contributed by atoms with Crippen molar-refractivity contribution < 1.29 is 4.79 Å². The number of aromatic nitrogens is 7. The van der Waals surface area contributed by atoms with Crippen molar-refractivity contribution in [1.29, 1.82) is 0 Å². The van der Waals surface area contributed by atoms with E-state index in [1.807, 2.05) is 49.8 Å². The predicted octanol–water partition coefficient (Wildman–Crippen LogP) is 2.34. The van der Waals surface area contributed by atoms with Gasteiger partial charge in [-0.2, -0.15) is 5.10 Å². The average molecular weight is 518 g/mol. The molecule has 11 heteroatoms. The number of fused-ring (bicyclic) bond motifs is 2.